The largest absolute Gasteiger partial charge is 0.497 e. The Morgan fingerprint density at radius 3 is 2.52 bits per heavy atom. The summed E-state index contributed by atoms with van der Waals surface area (Å²) in [6.07, 6.45) is 0. The van der Waals surface area contributed by atoms with E-state index in [1.807, 2.05) is 0 Å². The number of sulfonamides is 1. The van der Waals surface area contributed by atoms with Gasteiger partial charge in [-0.15, -0.1) is 0 Å². The lowest BCUT2D eigenvalue weighted by Crippen LogP contribution is -2.15. The van der Waals surface area contributed by atoms with Crippen LogP contribution in [0.25, 0.3) is 0 Å². The van der Waals surface area contributed by atoms with Crippen molar-refractivity contribution in [3.05, 3.63) is 56.0 Å². The number of hydrogen-bond donors (Lipinski definition) is 1. The summed E-state index contributed by atoms with van der Waals surface area (Å²) in [6, 6.07) is 8.00. The van der Waals surface area contributed by atoms with Gasteiger partial charge in [0.25, 0.3) is 15.7 Å². The fourth-order valence-corrected chi connectivity index (χ4v) is 3.78. The molecule has 0 heterocycles. The number of rotatable bonds is 5. The molecule has 0 fully saturated rings. The highest BCUT2D eigenvalue weighted by molar-refractivity contribution is 9.10. The molecular formula is C13H10BrClN2O5S. The molecule has 0 unspecified atom stereocenters. The van der Waals surface area contributed by atoms with Crippen LogP contribution in [0.2, 0.25) is 5.02 Å². The van der Waals surface area contributed by atoms with Crippen LogP contribution < -0.4 is 9.46 Å². The zero-order valence-corrected chi connectivity index (χ0v) is 14.8. The maximum absolute atomic E-state index is 12.4. The van der Waals surface area contributed by atoms with E-state index < -0.39 is 25.5 Å². The van der Waals surface area contributed by atoms with Crippen molar-refractivity contribution >= 4 is 48.9 Å². The van der Waals surface area contributed by atoms with Gasteiger partial charge in [-0.3, -0.25) is 14.8 Å². The van der Waals surface area contributed by atoms with E-state index in [0.29, 0.717) is 4.47 Å². The van der Waals surface area contributed by atoms with Crippen LogP contribution in [0, 0.1) is 10.1 Å². The number of ether oxygens (including phenoxy) is 1. The van der Waals surface area contributed by atoms with Gasteiger partial charge in [-0.25, -0.2) is 8.42 Å². The van der Waals surface area contributed by atoms with Gasteiger partial charge >= 0.3 is 0 Å². The molecule has 0 aliphatic rings. The van der Waals surface area contributed by atoms with Crippen LogP contribution in [0.3, 0.4) is 0 Å². The predicted octanol–water partition coefficient (Wildman–Crippen LogP) is 3.82. The van der Waals surface area contributed by atoms with Crippen LogP contribution in [0.4, 0.5) is 11.4 Å². The fraction of sp³-hybridized carbons (Fsp3) is 0.0769. The summed E-state index contributed by atoms with van der Waals surface area (Å²) in [5.41, 5.74) is -0.481. The van der Waals surface area contributed by atoms with Crippen molar-refractivity contribution in [2.24, 2.45) is 0 Å². The first kappa shape index (κ1) is 17.5. The molecule has 0 radical (unpaired) electrons. The maximum atomic E-state index is 12.4. The van der Waals surface area contributed by atoms with E-state index in [9.17, 15) is 18.5 Å². The second-order valence-electron chi connectivity index (χ2n) is 4.32. The van der Waals surface area contributed by atoms with E-state index in [1.54, 1.807) is 6.07 Å². The molecule has 0 amide bonds. The summed E-state index contributed by atoms with van der Waals surface area (Å²) in [6.45, 7) is 0. The zero-order valence-electron chi connectivity index (χ0n) is 11.6. The Hall–Kier alpha value is -1.84. The molecule has 10 heteroatoms. The van der Waals surface area contributed by atoms with Crippen molar-refractivity contribution in [1.29, 1.82) is 0 Å². The number of halogens is 2. The molecular weight excluding hydrogens is 412 g/mol. The lowest BCUT2D eigenvalue weighted by Gasteiger charge is -2.11. The Morgan fingerprint density at radius 2 is 1.96 bits per heavy atom. The Bertz CT molecular complexity index is 873. The molecule has 2 aromatic rings. The van der Waals surface area contributed by atoms with Gasteiger partial charge in [0.2, 0.25) is 0 Å². The van der Waals surface area contributed by atoms with Gasteiger partial charge < -0.3 is 4.74 Å². The van der Waals surface area contributed by atoms with Crippen LogP contribution in [-0.4, -0.2) is 20.5 Å². The molecule has 7 nitrogen and oxygen atoms in total. The first-order chi connectivity index (χ1) is 10.7. The standard InChI is InChI=1S/C13H10BrClN2O5S/c1-22-9-3-5-13(12(7-9)17(18)19)23(20,21)16-11-4-2-8(14)6-10(11)15/h2-7,16H,1H3. The van der Waals surface area contributed by atoms with Gasteiger partial charge in [0.1, 0.15) is 5.75 Å². The minimum atomic E-state index is -4.20. The minimum absolute atomic E-state index is 0.111. The van der Waals surface area contributed by atoms with Gasteiger partial charge in [-0.1, -0.05) is 27.5 Å². The number of benzene rings is 2. The van der Waals surface area contributed by atoms with E-state index in [0.717, 1.165) is 12.1 Å². The van der Waals surface area contributed by atoms with Crippen molar-refractivity contribution in [3.63, 3.8) is 0 Å². The Morgan fingerprint density at radius 1 is 1.26 bits per heavy atom. The molecule has 0 saturated carbocycles. The molecule has 0 saturated heterocycles. The van der Waals surface area contributed by atoms with Crippen LogP contribution in [-0.2, 0) is 10.0 Å². The summed E-state index contributed by atoms with van der Waals surface area (Å²) in [5.74, 6) is 0.178. The first-order valence-corrected chi connectivity index (χ1v) is 8.70. The molecule has 0 spiro atoms. The Kier molecular flexibility index (Phi) is 5.12. The second kappa shape index (κ2) is 6.73. The molecule has 0 atom stereocenters. The summed E-state index contributed by atoms with van der Waals surface area (Å²) in [5, 5.41) is 11.3. The van der Waals surface area contributed by atoms with E-state index in [4.69, 9.17) is 16.3 Å². The minimum Gasteiger partial charge on any atom is -0.497 e. The van der Waals surface area contributed by atoms with Crippen LogP contribution >= 0.6 is 27.5 Å². The molecule has 0 bridgehead atoms. The van der Waals surface area contributed by atoms with Crippen molar-refractivity contribution < 1.29 is 18.1 Å². The molecule has 2 rings (SSSR count). The Balaban J connectivity index is 2.49. The Labute approximate surface area is 145 Å². The monoisotopic (exact) mass is 420 g/mol. The molecule has 0 aromatic heterocycles. The third-order valence-corrected chi connectivity index (χ3v) is 5.05. The molecule has 2 aromatic carbocycles. The highest BCUT2D eigenvalue weighted by Crippen LogP contribution is 2.32. The normalized spacial score (nSPS) is 11.1. The van der Waals surface area contributed by atoms with E-state index >= 15 is 0 Å². The van der Waals surface area contributed by atoms with Crippen LogP contribution in [0.15, 0.2) is 45.8 Å². The number of nitrogens with one attached hydrogen (secondary N) is 1. The van der Waals surface area contributed by atoms with Gasteiger partial charge in [-0.05, 0) is 30.3 Å². The average Bonchev–Trinajstić information content (AvgIpc) is 2.49. The lowest BCUT2D eigenvalue weighted by molar-refractivity contribution is -0.387. The topological polar surface area (TPSA) is 98.5 Å². The van der Waals surface area contributed by atoms with Gasteiger partial charge in [0, 0.05) is 4.47 Å². The molecule has 0 aliphatic carbocycles. The fourth-order valence-electron chi connectivity index (χ4n) is 1.77. The third-order valence-electron chi connectivity index (χ3n) is 2.83. The van der Waals surface area contributed by atoms with Crippen molar-refractivity contribution in [3.8, 4) is 5.75 Å². The molecule has 23 heavy (non-hydrogen) atoms. The SMILES string of the molecule is COc1ccc(S(=O)(=O)Nc2ccc(Br)cc2Cl)c([N+](=O)[O-])c1. The highest BCUT2D eigenvalue weighted by atomic mass is 79.9. The van der Waals surface area contributed by atoms with E-state index in [2.05, 4.69) is 20.7 Å². The number of nitro benzene ring substituents is 1. The summed E-state index contributed by atoms with van der Waals surface area (Å²) in [4.78, 5) is 9.85. The molecule has 122 valence electrons. The van der Waals surface area contributed by atoms with E-state index in [-0.39, 0.29) is 16.5 Å². The molecule has 0 aliphatic heterocycles. The summed E-state index contributed by atoms with van der Waals surface area (Å²) < 4.78 is 32.7. The number of nitrogens with zero attached hydrogens (tertiary/aromatic N) is 1. The van der Waals surface area contributed by atoms with Crippen molar-refractivity contribution in [2.45, 2.75) is 4.90 Å². The smallest absolute Gasteiger partial charge is 0.293 e. The number of nitro groups is 1. The number of hydrogen-bond acceptors (Lipinski definition) is 5. The van der Waals surface area contributed by atoms with Gasteiger partial charge in [-0.2, -0.15) is 0 Å². The average molecular weight is 422 g/mol. The number of anilines is 1. The van der Waals surface area contributed by atoms with Crippen molar-refractivity contribution in [2.75, 3.05) is 11.8 Å². The predicted molar refractivity (Wildman–Crippen MR) is 89.6 cm³/mol. The molecule has 1 N–H and O–H groups in total. The number of methoxy groups -OCH3 is 1. The van der Waals surface area contributed by atoms with Crippen LogP contribution in [0.1, 0.15) is 0 Å². The highest BCUT2D eigenvalue weighted by Gasteiger charge is 2.27. The summed E-state index contributed by atoms with van der Waals surface area (Å²) in [7, 11) is -2.87. The van der Waals surface area contributed by atoms with Gasteiger partial charge in [0.05, 0.1) is 28.8 Å². The van der Waals surface area contributed by atoms with Gasteiger partial charge in [0.15, 0.2) is 4.90 Å². The lowest BCUT2D eigenvalue weighted by atomic mass is 10.3. The van der Waals surface area contributed by atoms with Crippen LogP contribution in [0.5, 0.6) is 5.75 Å². The van der Waals surface area contributed by atoms with E-state index in [1.165, 1.54) is 25.3 Å². The second-order valence-corrected chi connectivity index (χ2v) is 7.29. The quantitative estimate of drug-likeness (QED) is 0.584. The zero-order chi connectivity index (χ0) is 17.2. The van der Waals surface area contributed by atoms with Crippen molar-refractivity contribution in [1.82, 2.24) is 0 Å². The maximum Gasteiger partial charge on any atom is 0.293 e. The summed E-state index contributed by atoms with van der Waals surface area (Å²) >= 11 is 9.16. The first-order valence-electron chi connectivity index (χ1n) is 6.05. The third kappa shape index (κ3) is 3.92.